The zero-order valence-corrected chi connectivity index (χ0v) is 12.8. The fraction of sp³-hybridized carbons (Fsp3) is 0.176. The van der Waals surface area contributed by atoms with E-state index in [1.54, 1.807) is 0 Å². The summed E-state index contributed by atoms with van der Waals surface area (Å²) in [5.74, 6) is -0.477. The van der Waals surface area contributed by atoms with Crippen LogP contribution < -0.4 is 10.1 Å². The number of benzene rings is 2. The molecular formula is C17H16N2O5. The fourth-order valence-corrected chi connectivity index (χ4v) is 1.97. The number of nitrogens with zero attached hydrogens (tertiary/aromatic N) is 1. The van der Waals surface area contributed by atoms with E-state index in [4.69, 9.17) is 4.74 Å². The average molecular weight is 328 g/mol. The van der Waals surface area contributed by atoms with Crippen molar-refractivity contribution in [2.45, 2.75) is 12.8 Å². The van der Waals surface area contributed by atoms with E-state index in [9.17, 15) is 19.7 Å². The lowest BCUT2D eigenvalue weighted by Crippen LogP contribution is -2.28. The Morgan fingerprint density at radius 3 is 2.33 bits per heavy atom. The maximum Gasteiger partial charge on any atom is 0.312 e. The van der Waals surface area contributed by atoms with Crippen LogP contribution in [0, 0.1) is 10.1 Å². The van der Waals surface area contributed by atoms with Crippen molar-refractivity contribution in [3.05, 3.63) is 70.3 Å². The van der Waals surface area contributed by atoms with Crippen molar-refractivity contribution in [1.29, 1.82) is 0 Å². The molecule has 124 valence electrons. The number of carbonyl (C=O) groups excluding carboxylic acids is 2. The lowest BCUT2D eigenvalue weighted by molar-refractivity contribution is -0.384. The number of rotatable bonds is 7. The number of non-ortho nitro benzene ring substituents is 1. The maximum atomic E-state index is 11.7. The van der Waals surface area contributed by atoms with Gasteiger partial charge in [-0.05, 0) is 17.7 Å². The van der Waals surface area contributed by atoms with Crippen LogP contribution in [0.2, 0.25) is 0 Å². The van der Waals surface area contributed by atoms with Gasteiger partial charge in [-0.1, -0.05) is 30.3 Å². The summed E-state index contributed by atoms with van der Waals surface area (Å²) in [5, 5.41) is 13.2. The highest BCUT2D eigenvalue weighted by Crippen LogP contribution is 2.17. The minimum atomic E-state index is -0.534. The molecule has 24 heavy (non-hydrogen) atoms. The van der Waals surface area contributed by atoms with Gasteiger partial charge in [-0.15, -0.1) is 0 Å². The molecule has 0 aliphatic rings. The monoisotopic (exact) mass is 328 g/mol. The number of ether oxygens (including phenoxy) is 1. The zero-order valence-electron chi connectivity index (χ0n) is 12.8. The zero-order chi connectivity index (χ0) is 17.4. The van der Waals surface area contributed by atoms with Crippen LogP contribution in [0.15, 0.2) is 54.6 Å². The van der Waals surface area contributed by atoms with Crippen molar-refractivity contribution in [3.8, 4) is 5.75 Å². The highest BCUT2D eigenvalue weighted by Gasteiger charge is 2.09. The van der Waals surface area contributed by atoms with Gasteiger partial charge in [0.2, 0.25) is 5.91 Å². The van der Waals surface area contributed by atoms with Crippen LogP contribution in [0.5, 0.6) is 5.75 Å². The molecule has 0 bridgehead atoms. The summed E-state index contributed by atoms with van der Waals surface area (Å²) in [6.07, 6.45) is 0.260. The molecule has 1 amide bonds. The summed E-state index contributed by atoms with van der Waals surface area (Å²) in [4.78, 5) is 33.4. The number of amides is 1. The smallest absolute Gasteiger partial charge is 0.312 e. The minimum absolute atomic E-state index is 0.0114. The number of carbonyl (C=O) groups is 2. The molecule has 1 N–H and O–H groups in total. The quantitative estimate of drug-likeness (QED) is 0.364. The van der Waals surface area contributed by atoms with E-state index in [0.29, 0.717) is 0 Å². The van der Waals surface area contributed by atoms with Gasteiger partial charge in [0.1, 0.15) is 5.75 Å². The molecule has 7 nitrogen and oxygen atoms in total. The van der Waals surface area contributed by atoms with Crippen LogP contribution in [-0.4, -0.2) is 23.3 Å². The summed E-state index contributed by atoms with van der Waals surface area (Å²) >= 11 is 0. The lowest BCUT2D eigenvalue weighted by atomic mass is 10.1. The highest BCUT2D eigenvalue weighted by atomic mass is 16.6. The molecular weight excluding hydrogens is 312 g/mol. The molecule has 0 saturated carbocycles. The Bertz CT molecular complexity index is 714. The molecule has 0 aromatic heterocycles. The van der Waals surface area contributed by atoms with Gasteiger partial charge in [-0.3, -0.25) is 19.7 Å². The molecule has 0 radical (unpaired) electrons. The van der Waals surface area contributed by atoms with Gasteiger partial charge < -0.3 is 10.1 Å². The molecule has 2 aromatic carbocycles. The van der Waals surface area contributed by atoms with Crippen LogP contribution >= 0.6 is 0 Å². The van der Waals surface area contributed by atoms with E-state index >= 15 is 0 Å². The van der Waals surface area contributed by atoms with Gasteiger partial charge in [0.15, 0.2) is 0 Å². The second-order valence-corrected chi connectivity index (χ2v) is 4.99. The number of hydrogen-bond acceptors (Lipinski definition) is 5. The van der Waals surface area contributed by atoms with E-state index in [0.717, 1.165) is 5.56 Å². The van der Waals surface area contributed by atoms with Gasteiger partial charge in [0.05, 0.1) is 17.8 Å². The predicted molar refractivity (Wildman–Crippen MR) is 86.5 cm³/mol. The van der Waals surface area contributed by atoms with Gasteiger partial charge >= 0.3 is 5.97 Å². The number of nitrogens with one attached hydrogen (secondary N) is 1. The van der Waals surface area contributed by atoms with Crippen molar-refractivity contribution in [1.82, 2.24) is 5.32 Å². The summed E-state index contributed by atoms with van der Waals surface area (Å²) in [6, 6.07) is 14.5. The van der Waals surface area contributed by atoms with E-state index in [1.165, 1.54) is 24.3 Å². The van der Waals surface area contributed by atoms with Gasteiger partial charge in [-0.2, -0.15) is 0 Å². The van der Waals surface area contributed by atoms with Crippen molar-refractivity contribution < 1.29 is 19.2 Å². The Hall–Kier alpha value is -3.22. The van der Waals surface area contributed by atoms with Crippen LogP contribution in [0.4, 0.5) is 5.69 Å². The van der Waals surface area contributed by atoms with E-state index in [2.05, 4.69) is 5.32 Å². The first-order valence-corrected chi connectivity index (χ1v) is 7.30. The first-order valence-electron chi connectivity index (χ1n) is 7.30. The summed E-state index contributed by atoms with van der Waals surface area (Å²) in [6.45, 7) is 0.164. The van der Waals surface area contributed by atoms with Crippen molar-refractivity contribution in [2.75, 3.05) is 6.54 Å². The third kappa shape index (κ3) is 5.53. The largest absolute Gasteiger partial charge is 0.426 e. The van der Waals surface area contributed by atoms with Crippen molar-refractivity contribution in [2.24, 2.45) is 0 Å². The number of nitro groups is 1. The molecule has 0 aliphatic carbocycles. The van der Waals surface area contributed by atoms with Crippen molar-refractivity contribution >= 4 is 17.6 Å². The van der Waals surface area contributed by atoms with Gasteiger partial charge in [0, 0.05) is 18.7 Å². The molecule has 2 aromatic rings. The van der Waals surface area contributed by atoms with E-state index < -0.39 is 10.9 Å². The summed E-state index contributed by atoms with van der Waals surface area (Å²) in [7, 11) is 0. The Labute approximate surface area is 138 Å². The minimum Gasteiger partial charge on any atom is -0.426 e. The Balaban J connectivity index is 1.71. The van der Waals surface area contributed by atoms with Crippen LogP contribution in [0.25, 0.3) is 0 Å². The summed E-state index contributed by atoms with van der Waals surface area (Å²) < 4.78 is 5.04. The van der Waals surface area contributed by atoms with Gasteiger partial charge in [-0.25, -0.2) is 0 Å². The molecule has 0 aliphatic heterocycles. The Kier molecular flexibility index (Phi) is 6.01. The molecule has 0 heterocycles. The molecule has 0 fully saturated rings. The molecule has 2 rings (SSSR count). The molecule has 0 saturated heterocycles. The number of esters is 1. The molecule has 0 spiro atoms. The number of hydrogen-bond donors (Lipinski definition) is 1. The van der Waals surface area contributed by atoms with E-state index in [-0.39, 0.29) is 36.7 Å². The second-order valence-electron chi connectivity index (χ2n) is 4.99. The third-order valence-corrected chi connectivity index (χ3v) is 3.14. The molecule has 0 atom stereocenters. The first kappa shape index (κ1) is 17.1. The fourth-order valence-electron chi connectivity index (χ4n) is 1.97. The van der Waals surface area contributed by atoms with Crippen molar-refractivity contribution in [3.63, 3.8) is 0 Å². The average Bonchev–Trinajstić information content (AvgIpc) is 2.56. The lowest BCUT2D eigenvalue weighted by Gasteiger charge is -2.06. The number of nitro benzene ring substituents is 1. The SMILES string of the molecule is O=C(Cc1ccccc1)NCCC(=O)Oc1ccc([N+](=O)[O-])cc1. The second kappa shape index (κ2) is 8.42. The van der Waals surface area contributed by atoms with Crippen LogP contribution in [0.1, 0.15) is 12.0 Å². The topological polar surface area (TPSA) is 98.5 Å². The third-order valence-electron chi connectivity index (χ3n) is 3.14. The predicted octanol–water partition coefficient (Wildman–Crippen LogP) is 2.25. The van der Waals surface area contributed by atoms with Gasteiger partial charge in [0.25, 0.3) is 5.69 Å². The van der Waals surface area contributed by atoms with Crippen LogP contribution in [-0.2, 0) is 16.0 Å². The molecule has 7 heteroatoms. The Morgan fingerprint density at radius 2 is 1.71 bits per heavy atom. The Morgan fingerprint density at radius 1 is 1.04 bits per heavy atom. The first-order chi connectivity index (χ1) is 11.5. The molecule has 0 unspecified atom stereocenters. The maximum absolute atomic E-state index is 11.7. The van der Waals surface area contributed by atoms with E-state index in [1.807, 2.05) is 30.3 Å². The summed E-state index contributed by atoms with van der Waals surface area (Å²) in [5.41, 5.74) is 0.812. The highest BCUT2D eigenvalue weighted by molar-refractivity contribution is 5.79. The normalized spacial score (nSPS) is 10.0. The standard InChI is InChI=1S/C17H16N2O5/c20-16(12-13-4-2-1-3-5-13)18-11-10-17(21)24-15-8-6-14(7-9-15)19(22)23/h1-9H,10-12H2,(H,18,20). The van der Waals surface area contributed by atoms with Crippen LogP contribution in [0.3, 0.4) is 0 Å².